The SMILES string of the molecule is Cc1ccc(N2c3ccc(C)cc3B3c4ccccc4-c4cc(-c5ccc6oc7ccccc7c6c5)cc2c43)cc1. The molecule has 0 fully saturated rings. The summed E-state index contributed by atoms with van der Waals surface area (Å²) in [6, 6.07) is 44.6. The summed E-state index contributed by atoms with van der Waals surface area (Å²) >= 11 is 0. The van der Waals surface area contributed by atoms with Crippen LogP contribution in [0.1, 0.15) is 11.1 Å². The quantitative estimate of drug-likeness (QED) is 0.213. The van der Waals surface area contributed by atoms with Gasteiger partial charge in [0.2, 0.25) is 6.71 Å². The van der Waals surface area contributed by atoms with E-state index in [-0.39, 0.29) is 6.71 Å². The zero-order valence-corrected chi connectivity index (χ0v) is 23.0. The minimum absolute atomic E-state index is 0.224. The molecule has 7 aromatic rings. The number of aryl methyl sites for hydroxylation is 2. The van der Waals surface area contributed by atoms with Gasteiger partial charge in [0.25, 0.3) is 0 Å². The third kappa shape index (κ3) is 3.20. The predicted molar refractivity (Wildman–Crippen MR) is 173 cm³/mol. The van der Waals surface area contributed by atoms with Crippen LogP contribution < -0.4 is 21.3 Å². The fourth-order valence-electron chi connectivity index (χ4n) is 7.10. The van der Waals surface area contributed by atoms with Gasteiger partial charge in [-0.25, -0.2) is 0 Å². The summed E-state index contributed by atoms with van der Waals surface area (Å²) in [5, 5.41) is 2.31. The molecule has 2 nitrogen and oxygen atoms in total. The van der Waals surface area contributed by atoms with Crippen LogP contribution in [0.2, 0.25) is 0 Å². The molecular formula is C38H26BNO. The van der Waals surface area contributed by atoms with Crippen molar-refractivity contribution in [2.45, 2.75) is 13.8 Å². The normalized spacial score (nSPS) is 13.0. The zero-order valence-electron chi connectivity index (χ0n) is 23.0. The van der Waals surface area contributed by atoms with Crippen LogP contribution in [0.25, 0.3) is 44.2 Å². The van der Waals surface area contributed by atoms with E-state index in [1.165, 1.54) is 66.8 Å². The van der Waals surface area contributed by atoms with Crippen molar-refractivity contribution in [2.75, 3.05) is 4.90 Å². The molecule has 2 aliphatic heterocycles. The summed E-state index contributed by atoms with van der Waals surface area (Å²) in [7, 11) is 0. The molecule has 0 N–H and O–H groups in total. The van der Waals surface area contributed by atoms with Gasteiger partial charge in [-0.1, -0.05) is 89.4 Å². The van der Waals surface area contributed by atoms with Gasteiger partial charge in [0.05, 0.1) is 0 Å². The zero-order chi connectivity index (χ0) is 27.2. The molecule has 41 heavy (non-hydrogen) atoms. The molecule has 0 radical (unpaired) electrons. The molecule has 6 aromatic carbocycles. The first-order chi connectivity index (χ1) is 20.1. The molecule has 3 heteroatoms. The molecule has 2 aliphatic rings. The fraction of sp³-hybridized carbons (Fsp3) is 0.0526. The summed E-state index contributed by atoms with van der Waals surface area (Å²) in [4.78, 5) is 2.48. The van der Waals surface area contributed by atoms with Crippen molar-refractivity contribution in [3.63, 3.8) is 0 Å². The number of hydrogen-bond acceptors (Lipinski definition) is 2. The van der Waals surface area contributed by atoms with Gasteiger partial charge in [0.1, 0.15) is 11.2 Å². The second kappa shape index (κ2) is 8.25. The van der Waals surface area contributed by atoms with Gasteiger partial charge in [-0.2, -0.15) is 0 Å². The average Bonchev–Trinajstić information content (AvgIpc) is 3.54. The van der Waals surface area contributed by atoms with Crippen LogP contribution in [0.15, 0.2) is 126 Å². The van der Waals surface area contributed by atoms with Crippen LogP contribution in [0, 0.1) is 13.8 Å². The van der Waals surface area contributed by atoms with Crippen molar-refractivity contribution in [3.8, 4) is 22.3 Å². The van der Waals surface area contributed by atoms with Crippen molar-refractivity contribution in [2.24, 2.45) is 0 Å². The largest absolute Gasteiger partial charge is 0.456 e. The maximum atomic E-state index is 6.16. The summed E-state index contributed by atoms with van der Waals surface area (Å²) in [5.74, 6) is 0. The summed E-state index contributed by atoms with van der Waals surface area (Å²) in [6.07, 6.45) is 0. The van der Waals surface area contributed by atoms with E-state index in [2.05, 4.69) is 128 Å². The summed E-state index contributed by atoms with van der Waals surface area (Å²) in [6.45, 7) is 4.58. The Morgan fingerprint density at radius 2 is 1.32 bits per heavy atom. The number of anilines is 3. The first-order valence-electron chi connectivity index (χ1n) is 14.3. The average molecular weight is 523 g/mol. The highest BCUT2D eigenvalue weighted by Gasteiger charge is 2.42. The molecule has 192 valence electrons. The van der Waals surface area contributed by atoms with Gasteiger partial charge in [0, 0.05) is 27.8 Å². The van der Waals surface area contributed by atoms with E-state index >= 15 is 0 Å². The highest BCUT2D eigenvalue weighted by atomic mass is 16.3. The number of furan rings is 1. The standard InChI is InChI=1S/C38H26BNO/c1-23-11-15-27(16-12-23)40-34-17-13-24(2)19-33(34)39-32-9-5-3-7-28(32)31-21-26(22-35(40)38(31)39)25-14-18-37-30(20-25)29-8-4-6-10-36(29)41-37/h3-22H,1-2H3. The van der Waals surface area contributed by atoms with Gasteiger partial charge in [0.15, 0.2) is 0 Å². The lowest BCUT2D eigenvalue weighted by Gasteiger charge is -2.36. The van der Waals surface area contributed by atoms with Gasteiger partial charge in [-0.15, -0.1) is 0 Å². The highest BCUT2D eigenvalue weighted by Crippen LogP contribution is 2.43. The van der Waals surface area contributed by atoms with Crippen molar-refractivity contribution < 1.29 is 4.42 Å². The predicted octanol–water partition coefficient (Wildman–Crippen LogP) is 8.15. The molecule has 0 spiro atoms. The number of benzene rings is 6. The molecule has 0 aliphatic carbocycles. The van der Waals surface area contributed by atoms with Crippen LogP contribution in [-0.4, -0.2) is 6.71 Å². The van der Waals surface area contributed by atoms with Crippen molar-refractivity contribution in [3.05, 3.63) is 132 Å². The number of hydrogen-bond donors (Lipinski definition) is 0. The Bertz CT molecular complexity index is 2190. The number of fused-ring (bicyclic) bond motifs is 8. The highest BCUT2D eigenvalue weighted by molar-refractivity contribution is 7.01. The minimum atomic E-state index is 0.224. The smallest absolute Gasteiger partial charge is 0.248 e. The fourth-order valence-corrected chi connectivity index (χ4v) is 7.10. The lowest BCUT2D eigenvalue weighted by Crippen LogP contribution is -2.54. The number of para-hydroxylation sites is 1. The second-order valence-corrected chi connectivity index (χ2v) is 11.5. The Morgan fingerprint density at radius 1 is 0.537 bits per heavy atom. The Balaban J connectivity index is 1.35. The molecule has 1 aromatic heterocycles. The molecule has 0 saturated heterocycles. The first-order valence-corrected chi connectivity index (χ1v) is 14.3. The van der Waals surface area contributed by atoms with E-state index in [1.54, 1.807) is 0 Å². The summed E-state index contributed by atoms with van der Waals surface area (Å²) < 4.78 is 6.16. The monoisotopic (exact) mass is 523 g/mol. The van der Waals surface area contributed by atoms with E-state index in [0.717, 1.165) is 21.9 Å². The maximum Gasteiger partial charge on any atom is 0.248 e. The molecule has 9 rings (SSSR count). The maximum absolute atomic E-state index is 6.16. The third-order valence-electron chi connectivity index (χ3n) is 8.99. The molecule has 0 amide bonds. The van der Waals surface area contributed by atoms with Crippen LogP contribution in [0.5, 0.6) is 0 Å². The van der Waals surface area contributed by atoms with E-state index < -0.39 is 0 Å². The summed E-state index contributed by atoms with van der Waals surface area (Å²) in [5.41, 5.74) is 17.4. The second-order valence-electron chi connectivity index (χ2n) is 11.5. The molecule has 0 unspecified atom stereocenters. The van der Waals surface area contributed by atoms with E-state index in [1.807, 2.05) is 12.1 Å². The van der Waals surface area contributed by atoms with Crippen LogP contribution in [0.4, 0.5) is 17.1 Å². The Hall–Kier alpha value is -5.02. The molecule has 3 heterocycles. The van der Waals surface area contributed by atoms with Crippen LogP contribution >= 0.6 is 0 Å². The Kier molecular flexibility index (Phi) is 4.58. The molecule has 0 bridgehead atoms. The Labute approximate surface area is 239 Å². The van der Waals surface area contributed by atoms with Crippen molar-refractivity contribution >= 4 is 62.1 Å². The minimum Gasteiger partial charge on any atom is -0.456 e. The number of rotatable bonds is 2. The lowest BCUT2D eigenvalue weighted by molar-refractivity contribution is 0.669. The number of nitrogens with zero attached hydrogens (tertiary/aromatic N) is 1. The third-order valence-corrected chi connectivity index (χ3v) is 8.99. The lowest BCUT2D eigenvalue weighted by atomic mass is 9.37. The molecular weight excluding hydrogens is 497 g/mol. The van der Waals surface area contributed by atoms with Gasteiger partial charge >= 0.3 is 0 Å². The van der Waals surface area contributed by atoms with E-state index in [9.17, 15) is 0 Å². The van der Waals surface area contributed by atoms with Crippen molar-refractivity contribution in [1.29, 1.82) is 0 Å². The van der Waals surface area contributed by atoms with Crippen molar-refractivity contribution in [1.82, 2.24) is 0 Å². The van der Waals surface area contributed by atoms with Gasteiger partial charge in [-0.05, 0) is 95.6 Å². The topological polar surface area (TPSA) is 16.4 Å². The molecule has 0 atom stereocenters. The van der Waals surface area contributed by atoms with E-state index in [0.29, 0.717) is 0 Å². The van der Waals surface area contributed by atoms with E-state index in [4.69, 9.17) is 4.42 Å². The first kappa shape index (κ1) is 22.8. The van der Waals surface area contributed by atoms with Crippen LogP contribution in [-0.2, 0) is 0 Å². The van der Waals surface area contributed by atoms with Gasteiger partial charge < -0.3 is 9.32 Å². The van der Waals surface area contributed by atoms with Gasteiger partial charge in [-0.3, -0.25) is 0 Å². The Morgan fingerprint density at radius 3 is 2.22 bits per heavy atom. The molecule has 0 saturated carbocycles. The van der Waals surface area contributed by atoms with Crippen LogP contribution in [0.3, 0.4) is 0 Å².